The largest absolute Gasteiger partial charge is 0.479 e. The second-order valence-corrected chi connectivity index (χ2v) is 8.71. The molecule has 3 rings (SSSR count). The molecule has 1 heterocycles. The highest BCUT2D eigenvalue weighted by Gasteiger charge is 2.25. The Bertz CT molecular complexity index is 989. The first-order chi connectivity index (χ1) is 14.0. The molecule has 1 N–H and O–H groups in total. The first-order valence-electron chi connectivity index (χ1n) is 9.52. The number of amides is 1. The first-order valence-corrected chi connectivity index (χ1v) is 11.0. The Morgan fingerprint density at radius 2 is 1.76 bits per heavy atom. The minimum absolute atomic E-state index is 0.0516. The molecule has 1 fully saturated rings. The van der Waals surface area contributed by atoms with Crippen LogP contribution in [0.3, 0.4) is 0 Å². The third kappa shape index (κ3) is 5.34. The van der Waals surface area contributed by atoms with Crippen molar-refractivity contribution in [2.45, 2.75) is 30.6 Å². The van der Waals surface area contributed by atoms with E-state index in [1.807, 2.05) is 6.07 Å². The molecule has 0 spiro atoms. The fraction of sp³-hybridized carbons (Fsp3) is 0.333. The summed E-state index contributed by atoms with van der Waals surface area (Å²) in [5.74, 6) is 0.124. The summed E-state index contributed by atoms with van der Waals surface area (Å²) in [4.78, 5) is 12.7. The van der Waals surface area contributed by atoms with Gasteiger partial charge in [0.25, 0.3) is 5.91 Å². The van der Waals surface area contributed by atoms with Crippen LogP contribution in [0.15, 0.2) is 53.4 Å². The third-order valence-electron chi connectivity index (χ3n) is 4.71. The Balaban J connectivity index is 1.73. The summed E-state index contributed by atoms with van der Waals surface area (Å²) in [6.45, 7) is 0.974. The number of anilines is 1. The van der Waals surface area contributed by atoms with Crippen molar-refractivity contribution in [3.63, 3.8) is 0 Å². The monoisotopic (exact) mass is 413 g/mol. The van der Waals surface area contributed by atoms with Crippen LogP contribution in [0.4, 0.5) is 5.69 Å². The molecule has 1 aliphatic heterocycles. The van der Waals surface area contributed by atoms with Gasteiger partial charge in [-0.15, -0.1) is 0 Å². The summed E-state index contributed by atoms with van der Waals surface area (Å²) in [6, 6.07) is 14.6. The molecule has 1 aliphatic rings. The molecule has 0 unspecified atom stereocenters. The van der Waals surface area contributed by atoms with E-state index < -0.39 is 15.9 Å². The molecule has 0 bridgehead atoms. The van der Waals surface area contributed by atoms with Gasteiger partial charge in [-0.1, -0.05) is 18.9 Å². The number of ether oxygens (including phenoxy) is 1. The van der Waals surface area contributed by atoms with E-state index in [9.17, 15) is 13.2 Å². The average Bonchev–Trinajstić information content (AvgIpc) is 3.03. The summed E-state index contributed by atoms with van der Waals surface area (Å²) in [7, 11) is -3.62. The van der Waals surface area contributed by atoms with Crippen LogP contribution in [0, 0.1) is 11.3 Å². The molecule has 29 heavy (non-hydrogen) atoms. The van der Waals surface area contributed by atoms with Crippen LogP contribution in [0.25, 0.3) is 0 Å². The Labute approximate surface area is 171 Å². The normalized spacial score (nSPS) is 15.1. The fourth-order valence-electron chi connectivity index (χ4n) is 3.18. The van der Waals surface area contributed by atoms with Crippen molar-refractivity contribution in [2.24, 2.45) is 0 Å². The van der Waals surface area contributed by atoms with Crippen molar-refractivity contribution in [1.29, 1.82) is 5.26 Å². The predicted molar refractivity (Wildman–Crippen MR) is 109 cm³/mol. The number of hydrogen-bond donors (Lipinski definition) is 1. The van der Waals surface area contributed by atoms with Crippen LogP contribution in [0.5, 0.6) is 5.75 Å². The van der Waals surface area contributed by atoms with Crippen LogP contribution in [-0.2, 0) is 10.0 Å². The summed E-state index contributed by atoms with van der Waals surface area (Å²) in [5, 5.41) is 11.3. The minimum Gasteiger partial charge on any atom is -0.479 e. The number of carbonyl (C=O) groups is 1. The molecule has 7 nitrogen and oxygen atoms in total. The lowest BCUT2D eigenvalue weighted by molar-refractivity contribution is 0.102. The summed E-state index contributed by atoms with van der Waals surface area (Å²) >= 11 is 0. The molecular formula is C21H23N3O4S. The van der Waals surface area contributed by atoms with Crippen molar-refractivity contribution in [3.05, 3.63) is 54.1 Å². The van der Waals surface area contributed by atoms with Crippen molar-refractivity contribution in [1.82, 2.24) is 4.31 Å². The standard InChI is InChI=1S/C21H23N3O4S/c22-12-15-28-19-10-8-18(9-11-19)23-21(25)17-6-5-7-20(16-17)29(26,27)24-13-3-1-2-4-14-24/h5-11,16H,1-4,13-15H2,(H,23,25). The van der Waals surface area contributed by atoms with E-state index in [-0.39, 0.29) is 17.1 Å². The number of sulfonamides is 1. The Kier molecular flexibility index (Phi) is 6.86. The maximum Gasteiger partial charge on any atom is 0.255 e. The topological polar surface area (TPSA) is 99.5 Å². The molecule has 1 amide bonds. The number of hydrogen-bond acceptors (Lipinski definition) is 5. The van der Waals surface area contributed by atoms with E-state index in [0.717, 1.165) is 25.7 Å². The van der Waals surface area contributed by atoms with E-state index >= 15 is 0 Å². The molecular weight excluding hydrogens is 390 g/mol. The number of carbonyl (C=O) groups excluding carboxylic acids is 1. The maximum absolute atomic E-state index is 13.0. The smallest absolute Gasteiger partial charge is 0.255 e. The number of nitriles is 1. The SMILES string of the molecule is N#CCOc1ccc(NC(=O)c2cccc(S(=O)(=O)N3CCCCCC3)c2)cc1. The zero-order valence-corrected chi connectivity index (χ0v) is 16.8. The first kappa shape index (κ1) is 20.8. The van der Waals surface area contributed by atoms with Gasteiger partial charge in [0.2, 0.25) is 10.0 Å². The van der Waals surface area contributed by atoms with E-state index in [1.165, 1.54) is 16.4 Å². The van der Waals surface area contributed by atoms with Crippen molar-refractivity contribution >= 4 is 21.6 Å². The molecule has 0 aromatic heterocycles. The number of rotatable bonds is 6. The lowest BCUT2D eigenvalue weighted by atomic mass is 10.2. The van der Waals surface area contributed by atoms with Gasteiger partial charge < -0.3 is 10.1 Å². The molecule has 2 aromatic carbocycles. The minimum atomic E-state index is -3.62. The highest BCUT2D eigenvalue weighted by molar-refractivity contribution is 7.89. The van der Waals surface area contributed by atoms with Crippen molar-refractivity contribution in [3.8, 4) is 11.8 Å². The zero-order valence-electron chi connectivity index (χ0n) is 16.0. The van der Waals surface area contributed by atoms with Gasteiger partial charge >= 0.3 is 0 Å². The second-order valence-electron chi connectivity index (χ2n) is 6.77. The lowest BCUT2D eigenvalue weighted by Crippen LogP contribution is -2.32. The van der Waals surface area contributed by atoms with Gasteiger partial charge in [0.15, 0.2) is 6.61 Å². The van der Waals surface area contributed by atoms with E-state index in [0.29, 0.717) is 24.5 Å². The molecule has 152 valence electrons. The van der Waals surface area contributed by atoms with E-state index in [2.05, 4.69) is 5.32 Å². The highest BCUT2D eigenvalue weighted by Crippen LogP contribution is 2.22. The van der Waals surface area contributed by atoms with Gasteiger partial charge in [0.05, 0.1) is 4.90 Å². The van der Waals surface area contributed by atoms with E-state index in [1.54, 1.807) is 36.4 Å². The lowest BCUT2D eigenvalue weighted by Gasteiger charge is -2.20. The highest BCUT2D eigenvalue weighted by atomic mass is 32.2. The third-order valence-corrected chi connectivity index (χ3v) is 6.61. The van der Waals surface area contributed by atoms with Gasteiger partial charge in [-0.25, -0.2) is 8.42 Å². The summed E-state index contributed by atoms with van der Waals surface area (Å²) < 4.78 is 32.6. The molecule has 0 aliphatic carbocycles. The molecule has 2 aromatic rings. The van der Waals surface area contributed by atoms with Crippen LogP contribution in [-0.4, -0.2) is 38.3 Å². The second kappa shape index (κ2) is 9.54. The van der Waals surface area contributed by atoms with Crippen LogP contribution in [0.1, 0.15) is 36.0 Å². The summed E-state index contributed by atoms with van der Waals surface area (Å²) in [6.07, 6.45) is 3.78. The van der Waals surface area contributed by atoms with Crippen LogP contribution in [0.2, 0.25) is 0 Å². The molecule has 0 radical (unpaired) electrons. The molecule has 0 saturated carbocycles. The Morgan fingerprint density at radius 3 is 2.41 bits per heavy atom. The zero-order chi connectivity index (χ0) is 20.7. The van der Waals surface area contributed by atoms with Gasteiger partial charge in [-0.3, -0.25) is 4.79 Å². The summed E-state index contributed by atoms with van der Waals surface area (Å²) in [5.41, 5.74) is 0.811. The average molecular weight is 413 g/mol. The van der Waals surface area contributed by atoms with Gasteiger partial charge in [-0.2, -0.15) is 9.57 Å². The van der Waals surface area contributed by atoms with Crippen LogP contribution < -0.4 is 10.1 Å². The van der Waals surface area contributed by atoms with Crippen molar-refractivity contribution < 1.29 is 17.9 Å². The maximum atomic E-state index is 13.0. The molecule has 1 saturated heterocycles. The van der Waals surface area contributed by atoms with Crippen LogP contribution >= 0.6 is 0 Å². The van der Waals surface area contributed by atoms with E-state index in [4.69, 9.17) is 10.00 Å². The van der Waals surface area contributed by atoms with Gasteiger partial charge in [-0.05, 0) is 55.3 Å². The fourth-order valence-corrected chi connectivity index (χ4v) is 4.75. The number of benzene rings is 2. The number of nitrogens with one attached hydrogen (secondary N) is 1. The predicted octanol–water partition coefficient (Wildman–Crippen LogP) is 3.41. The number of nitrogens with zero attached hydrogens (tertiary/aromatic N) is 2. The molecule has 8 heteroatoms. The van der Waals surface area contributed by atoms with Crippen molar-refractivity contribution in [2.75, 3.05) is 25.0 Å². The molecule has 0 atom stereocenters. The van der Waals surface area contributed by atoms with Gasteiger partial charge in [0.1, 0.15) is 11.8 Å². The quantitative estimate of drug-likeness (QED) is 0.782. The Hall–Kier alpha value is -2.89. The van der Waals surface area contributed by atoms with Gasteiger partial charge in [0, 0.05) is 24.3 Å². The Morgan fingerprint density at radius 1 is 1.07 bits per heavy atom.